The second-order valence-corrected chi connectivity index (χ2v) is 5.58. The van der Waals surface area contributed by atoms with Gasteiger partial charge in [-0.2, -0.15) is 0 Å². The molecule has 0 radical (unpaired) electrons. The molecule has 0 saturated carbocycles. The summed E-state index contributed by atoms with van der Waals surface area (Å²) in [6, 6.07) is 13.9. The van der Waals surface area contributed by atoms with Crippen molar-refractivity contribution in [2.75, 3.05) is 0 Å². The van der Waals surface area contributed by atoms with E-state index >= 15 is 0 Å². The Morgan fingerprint density at radius 3 is 2.54 bits per heavy atom. The molecule has 3 heterocycles. The van der Waals surface area contributed by atoms with Crippen LogP contribution in [0.3, 0.4) is 0 Å². The Kier molecular flexibility index (Phi) is 3.42. The van der Waals surface area contributed by atoms with Gasteiger partial charge in [0, 0.05) is 16.8 Å². The Morgan fingerprint density at radius 1 is 0.917 bits per heavy atom. The highest BCUT2D eigenvalue weighted by atomic mass is 16.6. The molecule has 0 aliphatic carbocycles. The molecule has 24 heavy (non-hydrogen) atoms. The lowest BCUT2D eigenvalue weighted by atomic mass is 10.0. The van der Waals surface area contributed by atoms with Gasteiger partial charge >= 0.3 is 0 Å². The molecule has 0 aliphatic heterocycles. The number of aromatic nitrogens is 5. The fourth-order valence-electron chi connectivity index (χ4n) is 2.69. The summed E-state index contributed by atoms with van der Waals surface area (Å²) in [7, 11) is 0. The van der Waals surface area contributed by atoms with E-state index in [2.05, 4.69) is 25.3 Å². The van der Waals surface area contributed by atoms with Crippen molar-refractivity contribution in [3.63, 3.8) is 0 Å². The van der Waals surface area contributed by atoms with E-state index in [1.165, 1.54) is 0 Å². The minimum Gasteiger partial charge on any atom is -0.340 e. The maximum absolute atomic E-state index is 4.69. The fourth-order valence-corrected chi connectivity index (χ4v) is 2.69. The molecule has 0 saturated heterocycles. The van der Waals surface area contributed by atoms with Gasteiger partial charge in [0.25, 0.3) is 0 Å². The molecule has 3 aromatic heterocycles. The molecule has 6 nitrogen and oxygen atoms in total. The van der Waals surface area contributed by atoms with Crippen molar-refractivity contribution in [3.8, 4) is 33.9 Å². The van der Waals surface area contributed by atoms with Crippen LogP contribution in [0.2, 0.25) is 0 Å². The predicted molar refractivity (Wildman–Crippen MR) is 90.0 cm³/mol. The van der Waals surface area contributed by atoms with Gasteiger partial charge in [-0.05, 0) is 37.2 Å². The number of H-pyrrole nitrogens is 1. The van der Waals surface area contributed by atoms with Gasteiger partial charge in [0.2, 0.25) is 0 Å². The first-order valence-corrected chi connectivity index (χ1v) is 7.60. The minimum atomic E-state index is 0.694. The second-order valence-electron chi connectivity index (χ2n) is 5.58. The van der Waals surface area contributed by atoms with Gasteiger partial charge in [0.15, 0.2) is 0 Å². The van der Waals surface area contributed by atoms with Crippen LogP contribution < -0.4 is 0 Å². The lowest BCUT2D eigenvalue weighted by molar-refractivity contribution is 0.308. The summed E-state index contributed by atoms with van der Waals surface area (Å²) in [5.74, 6) is 0.844. The molecular weight excluding hydrogens is 302 g/mol. The first kappa shape index (κ1) is 14.3. The lowest BCUT2D eigenvalue weighted by Crippen LogP contribution is -1.89. The Morgan fingerprint density at radius 2 is 1.75 bits per heavy atom. The summed E-state index contributed by atoms with van der Waals surface area (Å²) in [4.78, 5) is 12.6. The first-order chi connectivity index (χ1) is 11.7. The van der Waals surface area contributed by atoms with E-state index in [0.717, 1.165) is 39.7 Å². The zero-order valence-corrected chi connectivity index (χ0v) is 13.3. The number of rotatable bonds is 3. The lowest BCUT2D eigenvalue weighted by Gasteiger charge is -2.05. The molecule has 118 valence electrons. The Labute approximate surface area is 138 Å². The van der Waals surface area contributed by atoms with Crippen LogP contribution in [0.5, 0.6) is 0 Å². The Hall–Kier alpha value is -3.28. The zero-order valence-electron chi connectivity index (χ0n) is 13.3. The predicted octanol–water partition coefficient (Wildman–Crippen LogP) is 3.81. The Balaban J connectivity index is 1.85. The monoisotopic (exact) mass is 317 g/mol. The number of pyridine rings is 1. The van der Waals surface area contributed by atoms with E-state index in [9.17, 15) is 0 Å². The number of nitrogens with zero attached hydrogens (tertiary/aromatic N) is 4. The smallest absolute Gasteiger partial charge is 0.135 e. The van der Waals surface area contributed by atoms with Gasteiger partial charge in [-0.25, -0.2) is 9.61 Å². The molecule has 0 spiro atoms. The molecule has 0 atom stereocenters. The van der Waals surface area contributed by atoms with Gasteiger partial charge in [-0.3, -0.25) is 4.98 Å². The summed E-state index contributed by atoms with van der Waals surface area (Å²) in [5.41, 5.74) is 6.22. The van der Waals surface area contributed by atoms with Crippen molar-refractivity contribution < 1.29 is 4.63 Å². The van der Waals surface area contributed by atoms with Gasteiger partial charge in [-0.1, -0.05) is 29.4 Å². The van der Waals surface area contributed by atoms with Crippen molar-refractivity contribution in [1.29, 1.82) is 0 Å². The summed E-state index contributed by atoms with van der Waals surface area (Å²) >= 11 is 0. The molecule has 0 bridgehead atoms. The number of imidazole rings is 1. The van der Waals surface area contributed by atoms with Crippen molar-refractivity contribution in [3.05, 3.63) is 60.2 Å². The largest absolute Gasteiger partial charge is 0.340 e. The highest BCUT2D eigenvalue weighted by Gasteiger charge is 2.15. The number of benzene rings is 1. The number of hydrogen-bond acceptors (Lipinski definition) is 5. The number of aryl methyl sites for hydroxylation is 2. The van der Waals surface area contributed by atoms with E-state index in [1.54, 1.807) is 6.20 Å². The molecule has 0 unspecified atom stereocenters. The molecule has 0 amide bonds. The normalized spacial score (nSPS) is 10.9. The summed E-state index contributed by atoms with van der Waals surface area (Å²) in [6.07, 6.45) is 1.60. The SMILES string of the molecule is Cc1cccc(-c2[nH]c(C)nc2-c2cccc(-c3cnon3)c2)n1. The minimum absolute atomic E-state index is 0.694. The third-order valence-corrected chi connectivity index (χ3v) is 3.76. The van der Waals surface area contributed by atoms with E-state index in [-0.39, 0.29) is 0 Å². The van der Waals surface area contributed by atoms with Crippen LogP contribution in [0.1, 0.15) is 11.5 Å². The maximum Gasteiger partial charge on any atom is 0.135 e. The van der Waals surface area contributed by atoms with Crippen LogP contribution in [0.4, 0.5) is 0 Å². The number of nitrogens with one attached hydrogen (secondary N) is 1. The summed E-state index contributed by atoms with van der Waals surface area (Å²) < 4.78 is 4.69. The van der Waals surface area contributed by atoms with E-state index < -0.39 is 0 Å². The van der Waals surface area contributed by atoms with Crippen LogP contribution in [0.25, 0.3) is 33.9 Å². The average molecular weight is 317 g/mol. The summed E-state index contributed by atoms with van der Waals surface area (Å²) in [5, 5.41) is 7.55. The number of aromatic amines is 1. The molecule has 1 N–H and O–H groups in total. The first-order valence-electron chi connectivity index (χ1n) is 7.60. The van der Waals surface area contributed by atoms with E-state index in [1.807, 2.05) is 56.3 Å². The van der Waals surface area contributed by atoms with Crippen LogP contribution >= 0.6 is 0 Å². The van der Waals surface area contributed by atoms with Crippen molar-refractivity contribution >= 4 is 0 Å². The highest BCUT2D eigenvalue weighted by Crippen LogP contribution is 2.31. The third kappa shape index (κ3) is 2.58. The molecule has 4 aromatic rings. The highest BCUT2D eigenvalue weighted by molar-refractivity contribution is 5.79. The van der Waals surface area contributed by atoms with Crippen LogP contribution in [0, 0.1) is 13.8 Å². The quantitative estimate of drug-likeness (QED) is 0.621. The second kappa shape index (κ2) is 5.73. The topological polar surface area (TPSA) is 80.5 Å². The van der Waals surface area contributed by atoms with E-state index in [4.69, 9.17) is 4.63 Å². The molecule has 4 rings (SSSR count). The van der Waals surface area contributed by atoms with Gasteiger partial charge in [0.05, 0.1) is 23.3 Å². The van der Waals surface area contributed by atoms with Crippen molar-refractivity contribution in [2.24, 2.45) is 0 Å². The van der Waals surface area contributed by atoms with Crippen molar-refractivity contribution in [1.82, 2.24) is 25.3 Å². The van der Waals surface area contributed by atoms with E-state index in [0.29, 0.717) is 5.69 Å². The fraction of sp³-hybridized carbons (Fsp3) is 0.111. The molecule has 6 heteroatoms. The van der Waals surface area contributed by atoms with Gasteiger partial charge in [-0.15, -0.1) is 0 Å². The van der Waals surface area contributed by atoms with Crippen LogP contribution in [-0.4, -0.2) is 25.3 Å². The van der Waals surface area contributed by atoms with Gasteiger partial charge in [0.1, 0.15) is 11.5 Å². The van der Waals surface area contributed by atoms with Crippen LogP contribution in [0.15, 0.2) is 53.3 Å². The summed E-state index contributed by atoms with van der Waals surface area (Å²) in [6.45, 7) is 3.92. The van der Waals surface area contributed by atoms with Crippen LogP contribution in [-0.2, 0) is 0 Å². The zero-order chi connectivity index (χ0) is 16.5. The molecule has 1 aromatic carbocycles. The third-order valence-electron chi connectivity index (χ3n) is 3.76. The maximum atomic E-state index is 4.69. The van der Waals surface area contributed by atoms with Gasteiger partial charge < -0.3 is 4.98 Å². The number of hydrogen-bond donors (Lipinski definition) is 1. The molecule has 0 fully saturated rings. The molecular formula is C18H15N5O. The molecule has 0 aliphatic rings. The standard InChI is InChI=1S/C18H15N5O/c1-11-5-3-8-15(20-11)18-17(21-12(2)22-18)14-7-4-6-13(9-14)16-10-19-24-23-16/h3-10H,1-2H3,(H,21,22). The van der Waals surface area contributed by atoms with Crippen molar-refractivity contribution in [2.45, 2.75) is 13.8 Å². The Bertz CT molecular complexity index is 988. The average Bonchev–Trinajstić information content (AvgIpc) is 3.24.